The minimum absolute atomic E-state index is 0.193. The fourth-order valence-electron chi connectivity index (χ4n) is 3.80. The summed E-state index contributed by atoms with van der Waals surface area (Å²) in [6, 6.07) is 12.2. The first-order valence-electron chi connectivity index (χ1n) is 9.65. The molecule has 5 heteroatoms. The summed E-state index contributed by atoms with van der Waals surface area (Å²) in [5.74, 6) is 0.193. The first-order chi connectivity index (χ1) is 13.0. The number of rotatable bonds is 4. The third-order valence-electron chi connectivity index (χ3n) is 5.16. The van der Waals surface area contributed by atoms with Crippen LogP contribution in [0.25, 0.3) is 0 Å². The van der Waals surface area contributed by atoms with Crippen LogP contribution in [0.15, 0.2) is 42.6 Å². The maximum absolute atomic E-state index is 13.4. The van der Waals surface area contributed by atoms with Crippen LogP contribution in [0.2, 0.25) is 0 Å². The van der Waals surface area contributed by atoms with E-state index in [4.69, 9.17) is 0 Å². The van der Waals surface area contributed by atoms with Crippen molar-refractivity contribution in [1.29, 1.82) is 0 Å². The molecular weight excluding hydrogens is 336 g/mol. The van der Waals surface area contributed by atoms with Crippen LogP contribution in [-0.4, -0.2) is 61.0 Å². The van der Waals surface area contributed by atoms with Crippen LogP contribution in [0, 0.1) is 13.8 Å². The Bertz CT molecular complexity index is 789. The molecule has 0 spiro atoms. The lowest BCUT2D eigenvalue weighted by atomic mass is 10.0. The van der Waals surface area contributed by atoms with Gasteiger partial charge in [0, 0.05) is 43.8 Å². The summed E-state index contributed by atoms with van der Waals surface area (Å²) in [6.45, 7) is 7.45. The molecule has 2 aromatic rings. The quantitative estimate of drug-likeness (QED) is 0.834. The summed E-state index contributed by atoms with van der Waals surface area (Å²) < 4.78 is 0. The lowest BCUT2D eigenvalue weighted by Crippen LogP contribution is -2.42. The molecule has 1 unspecified atom stereocenters. The molecule has 1 atom stereocenters. The van der Waals surface area contributed by atoms with Crippen LogP contribution in [0.5, 0.6) is 0 Å². The van der Waals surface area contributed by atoms with E-state index in [1.54, 1.807) is 0 Å². The van der Waals surface area contributed by atoms with E-state index in [1.807, 2.05) is 43.1 Å². The van der Waals surface area contributed by atoms with Crippen molar-refractivity contribution < 1.29 is 4.79 Å². The average molecular weight is 367 g/mol. The second kappa shape index (κ2) is 8.53. The fraction of sp³-hybridized carbons (Fsp3) is 0.455. The van der Waals surface area contributed by atoms with Gasteiger partial charge in [-0.25, -0.2) is 0 Å². The molecule has 1 fully saturated rings. The third-order valence-corrected chi connectivity index (χ3v) is 5.16. The van der Waals surface area contributed by atoms with Gasteiger partial charge in [0.15, 0.2) is 0 Å². The number of carbonyl (C=O) groups is 1. The number of carbonyl (C=O) groups excluding carboxylic acids is 1. The van der Waals surface area contributed by atoms with Gasteiger partial charge >= 0.3 is 0 Å². The molecule has 27 heavy (non-hydrogen) atoms. The van der Waals surface area contributed by atoms with Crippen LogP contribution in [-0.2, 0) is 4.79 Å². The Morgan fingerprint density at radius 2 is 1.89 bits per heavy atom. The van der Waals surface area contributed by atoms with Crippen molar-refractivity contribution in [2.75, 3.05) is 45.2 Å². The zero-order valence-corrected chi connectivity index (χ0v) is 16.9. The predicted octanol–water partition coefficient (Wildman–Crippen LogP) is 3.04. The molecule has 0 radical (unpaired) electrons. The molecule has 0 saturated carbocycles. The van der Waals surface area contributed by atoms with Gasteiger partial charge in [0.1, 0.15) is 6.04 Å². The number of hydrogen-bond acceptors (Lipinski definition) is 4. The lowest BCUT2D eigenvalue weighted by molar-refractivity contribution is -0.136. The Labute approximate surface area is 162 Å². The summed E-state index contributed by atoms with van der Waals surface area (Å²) in [6.07, 6.45) is 2.83. The number of hydrogen-bond donors (Lipinski definition) is 0. The zero-order valence-electron chi connectivity index (χ0n) is 16.9. The summed E-state index contributed by atoms with van der Waals surface area (Å²) in [5, 5.41) is 0. The van der Waals surface area contributed by atoms with Crippen molar-refractivity contribution in [3.05, 3.63) is 59.4 Å². The standard InChI is InChI=1S/C22H30N4O/c1-17-7-5-8-19(15-17)21(24(3)4)22(27)26-12-6-11-25(13-14-26)20-9-10-23-18(2)16-20/h5,7-10,15-16,21H,6,11-14H2,1-4H3. The van der Waals surface area contributed by atoms with Crippen LogP contribution in [0.3, 0.4) is 0 Å². The number of aryl methyl sites for hydroxylation is 2. The molecule has 1 aliphatic heterocycles. The molecule has 1 aliphatic rings. The molecule has 1 aromatic carbocycles. The first-order valence-corrected chi connectivity index (χ1v) is 9.65. The summed E-state index contributed by atoms with van der Waals surface area (Å²) in [5.41, 5.74) is 4.47. The van der Waals surface area contributed by atoms with Crippen molar-refractivity contribution in [3.63, 3.8) is 0 Å². The smallest absolute Gasteiger partial charge is 0.244 e. The third kappa shape index (κ3) is 4.66. The molecule has 1 saturated heterocycles. The normalized spacial score (nSPS) is 16.3. The molecule has 0 bridgehead atoms. The number of likely N-dealkylation sites (N-methyl/N-ethyl adjacent to an activating group) is 1. The van der Waals surface area contributed by atoms with Crippen molar-refractivity contribution in [1.82, 2.24) is 14.8 Å². The van der Waals surface area contributed by atoms with E-state index in [0.717, 1.165) is 43.9 Å². The maximum atomic E-state index is 13.4. The number of amides is 1. The van der Waals surface area contributed by atoms with Gasteiger partial charge in [0.25, 0.3) is 0 Å². The summed E-state index contributed by atoms with van der Waals surface area (Å²) in [7, 11) is 3.96. The first kappa shape index (κ1) is 19.4. The number of benzene rings is 1. The highest BCUT2D eigenvalue weighted by atomic mass is 16.2. The zero-order chi connectivity index (χ0) is 19.4. The van der Waals surface area contributed by atoms with Crippen LogP contribution in [0.4, 0.5) is 5.69 Å². The largest absolute Gasteiger partial charge is 0.370 e. The van der Waals surface area contributed by atoms with Crippen LogP contribution >= 0.6 is 0 Å². The highest BCUT2D eigenvalue weighted by Gasteiger charge is 2.29. The second-order valence-corrected chi connectivity index (χ2v) is 7.60. The molecule has 144 valence electrons. The van der Waals surface area contributed by atoms with Crippen molar-refractivity contribution >= 4 is 11.6 Å². The highest BCUT2D eigenvalue weighted by Crippen LogP contribution is 2.24. The molecule has 5 nitrogen and oxygen atoms in total. The number of aromatic nitrogens is 1. The van der Waals surface area contributed by atoms with Gasteiger partial charge in [0.05, 0.1) is 0 Å². The second-order valence-electron chi connectivity index (χ2n) is 7.60. The molecule has 1 amide bonds. The van der Waals surface area contributed by atoms with E-state index in [2.05, 4.69) is 47.1 Å². The van der Waals surface area contributed by atoms with Crippen molar-refractivity contribution in [2.45, 2.75) is 26.3 Å². The van der Waals surface area contributed by atoms with Crippen molar-refractivity contribution in [2.24, 2.45) is 0 Å². The van der Waals surface area contributed by atoms with E-state index in [9.17, 15) is 4.79 Å². The van der Waals surface area contributed by atoms with E-state index >= 15 is 0 Å². The Morgan fingerprint density at radius 3 is 2.59 bits per heavy atom. The topological polar surface area (TPSA) is 39.7 Å². The molecular formula is C22H30N4O. The number of pyridine rings is 1. The highest BCUT2D eigenvalue weighted by molar-refractivity contribution is 5.83. The van der Waals surface area contributed by atoms with E-state index in [1.165, 1.54) is 11.3 Å². The fourth-order valence-corrected chi connectivity index (χ4v) is 3.80. The Balaban J connectivity index is 1.74. The SMILES string of the molecule is Cc1cccc(C(C(=O)N2CCCN(c3ccnc(C)c3)CC2)N(C)C)c1. The number of anilines is 1. The van der Waals surface area contributed by atoms with Gasteiger partial charge in [-0.3, -0.25) is 14.7 Å². The minimum Gasteiger partial charge on any atom is -0.370 e. The number of nitrogens with zero attached hydrogens (tertiary/aromatic N) is 4. The monoisotopic (exact) mass is 366 g/mol. The van der Waals surface area contributed by atoms with E-state index in [-0.39, 0.29) is 11.9 Å². The minimum atomic E-state index is -0.236. The Morgan fingerprint density at radius 1 is 1.07 bits per heavy atom. The van der Waals surface area contributed by atoms with Gasteiger partial charge < -0.3 is 9.80 Å². The van der Waals surface area contributed by atoms with Gasteiger partial charge in [-0.1, -0.05) is 29.8 Å². The summed E-state index contributed by atoms with van der Waals surface area (Å²) in [4.78, 5) is 24.1. The average Bonchev–Trinajstić information content (AvgIpc) is 2.88. The molecule has 0 N–H and O–H groups in total. The molecule has 0 aliphatic carbocycles. The van der Waals surface area contributed by atoms with Gasteiger partial charge in [-0.15, -0.1) is 0 Å². The van der Waals surface area contributed by atoms with E-state index in [0.29, 0.717) is 0 Å². The van der Waals surface area contributed by atoms with Crippen LogP contribution < -0.4 is 4.90 Å². The Kier molecular flexibility index (Phi) is 6.11. The predicted molar refractivity (Wildman–Crippen MR) is 110 cm³/mol. The summed E-state index contributed by atoms with van der Waals surface area (Å²) >= 11 is 0. The van der Waals surface area contributed by atoms with Crippen molar-refractivity contribution in [3.8, 4) is 0 Å². The molecule has 3 rings (SSSR count). The Hall–Kier alpha value is -2.40. The van der Waals surface area contributed by atoms with Gasteiger partial charge in [-0.2, -0.15) is 0 Å². The molecule has 2 heterocycles. The maximum Gasteiger partial charge on any atom is 0.244 e. The molecule has 1 aromatic heterocycles. The van der Waals surface area contributed by atoms with Gasteiger partial charge in [-0.05, 0) is 52.1 Å². The lowest BCUT2D eigenvalue weighted by Gasteiger charge is -2.30. The van der Waals surface area contributed by atoms with Gasteiger partial charge in [0.2, 0.25) is 5.91 Å². The van der Waals surface area contributed by atoms with Crippen LogP contribution in [0.1, 0.15) is 29.3 Å². The van der Waals surface area contributed by atoms with E-state index < -0.39 is 0 Å².